The third kappa shape index (κ3) is 1.48. The molecule has 1 aromatic heterocycles. The van der Waals surface area contributed by atoms with Gasteiger partial charge in [0.05, 0.1) is 17.1 Å². The number of carbonyl (C=O) groups excluding carboxylic acids is 1. The molecule has 6 heteroatoms. The van der Waals surface area contributed by atoms with Crippen LogP contribution in [0.3, 0.4) is 0 Å². The lowest BCUT2D eigenvalue weighted by molar-refractivity contribution is -0.119. The second-order valence-electron chi connectivity index (χ2n) is 4.24. The van der Waals surface area contributed by atoms with Crippen molar-refractivity contribution in [1.82, 2.24) is 10.2 Å². The number of anilines is 1. The van der Waals surface area contributed by atoms with E-state index in [1.165, 1.54) is 6.92 Å². The first-order valence-electron chi connectivity index (χ1n) is 5.06. The van der Waals surface area contributed by atoms with Crippen LogP contribution in [0, 0.1) is 25.7 Å². The number of amides is 1. The van der Waals surface area contributed by atoms with Crippen molar-refractivity contribution in [3.8, 4) is 0 Å². The summed E-state index contributed by atoms with van der Waals surface area (Å²) >= 11 is 0. The molecule has 0 unspecified atom stereocenters. The Balaban J connectivity index is 2.10. The van der Waals surface area contributed by atoms with Crippen molar-refractivity contribution < 1.29 is 13.6 Å². The van der Waals surface area contributed by atoms with E-state index in [0.29, 0.717) is 17.1 Å². The van der Waals surface area contributed by atoms with Gasteiger partial charge in [0.15, 0.2) is 0 Å². The SMILES string of the molecule is Cc1n[nH]c(C)c1NC(=O)[C@H]1[C@@H](C)C1(F)F. The Morgan fingerprint density at radius 1 is 1.50 bits per heavy atom. The number of nitrogens with zero attached hydrogens (tertiary/aromatic N) is 1. The van der Waals surface area contributed by atoms with Gasteiger partial charge < -0.3 is 5.32 Å². The summed E-state index contributed by atoms with van der Waals surface area (Å²) in [5, 5.41) is 9.05. The fourth-order valence-corrected chi connectivity index (χ4v) is 1.82. The number of hydrogen-bond acceptors (Lipinski definition) is 2. The lowest BCUT2D eigenvalue weighted by atomic mass is 10.2. The van der Waals surface area contributed by atoms with Crippen LogP contribution in [0.5, 0.6) is 0 Å². The predicted octanol–water partition coefficient (Wildman–Crippen LogP) is 1.87. The normalized spacial score (nSPS) is 26.6. The van der Waals surface area contributed by atoms with Crippen LogP contribution in [0.4, 0.5) is 14.5 Å². The molecule has 2 rings (SSSR count). The van der Waals surface area contributed by atoms with E-state index in [1.807, 2.05) is 0 Å². The molecule has 1 aromatic rings. The summed E-state index contributed by atoms with van der Waals surface area (Å²) in [5.41, 5.74) is 1.77. The fraction of sp³-hybridized carbons (Fsp3) is 0.600. The molecule has 1 saturated carbocycles. The van der Waals surface area contributed by atoms with Crippen LogP contribution < -0.4 is 5.32 Å². The maximum atomic E-state index is 13.0. The molecule has 16 heavy (non-hydrogen) atoms. The van der Waals surface area contributed by atoms with Crippen LogP contribution in [0.1, 0.15) is 18.3 Å². The monoisotopic (exact) mass is 229 g/mol. The van der Waals surface area contributed by atoms with Crippen LogP contribution in [-0.2, 0) is 4.79 Å². The topological polar surface area (TPSA) is 57.8 Å². The summed E-state index contributed by atoms with van der Waals surface area (Å²) in [6.07, 6.45) is 0. The number of hydrogen-bond donors (Lipinski definition) is 2. The second-order valence-corrected chi connectivity index (χ2v) is 4.24. The van der Waals surface area contributed by atoms with Crippen LogP contribution in [0.25, 0.3) is 0 Å². The molecule has 1 heterocycles. The standard InChI is InChI=1S/C10H13F2N3O/c1-4-7(10(4,11)12)9(16)13-8-5(2)14-15-6(8)3/h4,7H,1-3H3,(H,13,16)(H,14,15)/t4-,7-/m1/s1. The zero-order chi connectivity index (χ0) is 12.1. The summed E-state index contributed by atoms with van der Waals surface area (Å²) in [6.45, 7) is 4.80. The van der Waals surface area contributed by atoms with Crippen LogP contribution in [0.15, 0.2) is 0 Å². The quantitative estimate of drug-likeness (QED) is 0.813. The van der Waals surface area contributed by atoms with Gasteiger partial charge in [-0.3, -0.25) is 9.89 Å². The van der Waals surface area contributed by atoms with Gasteiger partial charge in [-0.1, -0.05) is 6.92 Å². The molecule has 0 aromatic carbocycles. The minimum atomic E-state index is -2.87. The molecule has 4 nitrogen and oxygen atoms in total. The van der Waals surface area contributed by atoms with Crippen LogP contribution in [0.2, 0.25) is 0 Å². The molecule has 1 amide bonds. The average Bonchev–Trinajstić information content (AvgIpc) is 2.53. The molecular formula is C10H13F2N3O. The van der Waals surface area contributed by atoms with Crippen molar-refractivity contribution in [3.05, 3.63) is 11.4 Å². The van der Waals surface area contributed by atoms with E-state index in [0.717, 1.165) is 0 Å². The van der Waals surface area contributed by atoms with E-state index in [9.17, 15) is 13.6 Å². The first-order valence-corrected chi connectivity index (χ1v) is 5.06. The summed E-state index contributed by atoms with van der Waals surface area (Å²) < 4.78 is 26.0. The molecule has 0 bridgehead atoms. The summed E-state index contributed by atoms with van der Waals surface area (Å²) in [5.74, 6) is -5.58. The summed E-state index contributed by atoms with van der Waals surface area (Å²) in [4.78, 5) is 11.6. The van der Waals surface area contributed by atoms with Crippen molar-refractivity contribution in [3.63, 3.8) is 0 Å². The first-order chi connectivity index (χ1) is 7.35. The number of rotatable bonds is 2. The largest absolute Gasteiger partial charge is 0.323 e. The smallest absolute Gasteiger partial charge is 0.263 e. The molecule has 88 valence electrons. The van der Waals surface area contributed by atoms with Crippen molar-refractivity contribution in [2.75, 3.05) is 5.32 Å². The van der Waals surface area contributed by atoms with Gasteiger partial charge in [0.25, 0.3) is 5.92 Å². The Morgan fingerprint density at radius 2 is 2.06 bits per heavy atom. The minimum absolute atomic E-state index is 0.500. The number of alkyl halides is 2. The third-order valence-electron chi connectivity index (χ3n) is 3.07. The Kier molecular flexibility index (Phi) is 2.25. The maximum Gasteiger partial charge on any atom is 0.263 e. The van der Waals surface area contributed by atoms with Gasteiger partial charge in [-0.2, -0.15) is 5.10 Å². The Bertz CT molecular complexity index is 422. The molecule has 0 radical (unpaired) electrons. The Labute approximate surface area is 91.4 Å². The number of carbonyl (C=O) groups is 1. The summed E-state index contributed by atoms with van der Waals surface area (Å²) in [6, 6.07) is 0. The number of H-pyrrole nitrogens is 1. The molecular weight excluding hydrogens is 216 g/mol. The minimum Gasteiger partial charge on any atom is -0.323 e. The van der Waals surface area contributed by atoms with Crippen LogP contribution in [-0.4, -0.2) is 22.0 Å². The van der Waals surface area contributed by atoms with Gasteiger partial charge >= 0.3 is 0 Å². The van der Waals surface area contributed by atoms with E-state index in [1.54, 1.807) is 13.8 Å². The molecule has 2 atom stereocenters. The van der Waals surface area contributed by atoms with Gasteiger partial charge in [-0.15, -0.1) is 0 Å². The van der Waals surface area contributed by atoms with Gasteiger partial charge in [0, 0.05) is 5.92 Å². The van der Waals surface area contributed by atoms with E-state index >= 15 is 0 Å². The summed E-state index contributed by atoms with van der Waals surface area (Å²) in [7, 11) is 0. The molecule has 2 N–H and O–H groups in total. The lowest BCUT2D eigenvalue weighted by Gasteiger charge is -2.03. The van der Waals surface area contributed by atoms with Crippen molar-refractivity contribution in [2.24, 2.45) is 11.8 Å². The molecule has 0 saturated heterocycles. The molecule has 1 aliphatic carbocycles. The maximum absolute atomic E-state index is 13.0. The van der Waals surface area contributed by atoms with Crippen molar-refractivity contribution >= 4 is 11.6 Å². The van der Waals surface area contributed by atoms with Gasteiger partial charge in [0.2, 0.25) is 5.91 Å². The van der Waals surface area contributed by atoms with Crippen LogP contribution >= 0.6 is 0 Å². The van der Waals surface area contributed by atoms with Gasteiger partial charge in [0.1, 0.15) is 5.92 Å². The zero-order valence-electron chi connectivity index (χ0n) is 9.27. The predicted molar refractivity (Wildman–Crippen MR) is 54.3 cm³/mol. The molecule has 1 fully saturated rings. The van der Waals surface area contributed by atoms with E-state index < -0.39 is 23.7 Å². The molecule has 0 aliphatic heterocycles. The van der Waals surface area contributed by atoms with E-state index in [4.69, 9.17) is 0 Å². The lowest BCUT2D eigenvalue weighted by Crippen LogP contribution is -2.18. The highest BCUT2D eigenvalue weighted by atomic mass is 19.3. The number of aryl methyl sites for hydroxylation is 2. The number of aromatic amines is 1. The average molecular weight is 229 g/mol. The van der Waals surface area contributed by atoms with E-state index in [2.05, 4.69) is 15.5 Å². The van der Waals surface area contributed by atoms with Crippen molar-refractivity contribution in [2.45, 2.75) is 26.7 Å². The zero-order valence-corrected chi connectivity index (χ0v) is 9.27. The highest BCUT2D eigenvalue weighted by molar-refractivity contribution is 5.96. The first kappa shape index (κ1) is 11.0. The molecule has 0 spiro atoms. The highest BCUT2D eigenvalue weighted by Crippen LogP contribution is 2.55. The van der Waals surface area contributed by atoms with Crippen molar-refractivity contribution in [1.29, 1.82) is 0 Å². The second kappa shape index (κ2) is 3.26. The number of aromatic nitrogens is 2. The Hall–Kier alpha value is -1.46. The highest BCUT2D eigenvalue weighted by Gasteiger charge is 2.69. The molecule has 1 aliphatic rings. The van der Waals surface area contributed by atoms with Gasteiger partial charge in [-0.05, 0) is 13.8 Å². The van der Waals surface area contributed by atoms with Gasteiger partial charge in [-0.25, -0.2) is 8.78 Å². The Morgan fingerprint density at radius 3 is 2.44 bits per heavy atom. The van der Waals surface area contributed by atoms with E-state index in [-0.39, 0.29) is 0 Å². The third-order valence-corrected chi connectivity index (χ3v) is 3.07. The fourth-order valence-electron chi connectivity index (χ4n) is 1.82. The number of halogens is 2. The number of nitrogens with one attached hydrogen (secondary N) is 2.